The van der Waals surface area contributed by atoms with Gasteiger partial charge in [-0.05, 0) is 30.3 Å². The molecule has 1 aromatic heterocycles. The number of rotatable bonds is 5. The molecule has 1 aliphatic heterocycles. The van der Waals surface area contributed by atoms with Crippen LogP contribution in [0.4, 0.5) is 15.8 Å². The first-order valence-electron chi connectivity index (χ1n) is 10.7. The van der Waals surface area contributed by atoms with E-state index in [-0.39, 0.29) is 5.82 Å². The highest BCUT2D eigenvalue weighted by Gasteiger charge is 2.20. The van der Waals surface area contributed by atoms with Crippen molar-refractivity contribution in [3.05, 3.63) is 90.5 Å². The summed E-state index contributed by atoms with van der Waals surface area (Å²) in [6.45, 7) is 2.40. The number of hydrogen-bond acceptors (Lipinski definition) is 5. The number of hydrogen-bond donors (Lipinski definition) is 1. The molecular weight excluding hydrogens is 421 g/mol. The molecule has 0 atom stereocenters. The summed E-state index contributed by atoms with van der Waals surface area (Å²) in [6, 6.07) is 23.7. The molecule has 3 aromatic carbocycles. The Labute approximate surface area is 190 Å². The molecular formula is C25H22FN5O2. The SMILES string of the molecule is O=C(Nc1ccc(N2CCOCC2)c(F)c1)c1nc(-c2ccccc2)n(-c2ccccc2)n1. The lowest BCUT2D eigenvalue weighted by molar-refractivity contribution is 0.101. The molecule has 1 N–H and O–H groups in total. The van der Waals surface area contributed by atoms with Crippen molar-refractivity contribution in [2.75, 3.05) is 36.5 Å². The fourth-order valence-electron chi connectivity index (χ4n) is 3.76. The molecule has 1 amide bonds. The van der Waals surface area contributed by atoms with Gasteiger partial charge in [-0.15, -0.1) is 5.10 Å². The first-order chi connectivity index (χ1) is 16.2. The molecule has 0 unspecified atom stereocenters. The number of carbonyl (C=O) groups excluding carboxylic acids is 1. The fraction of sp³-hybridized carbons (Fsp3) is 0.160. The largest absolute Gasteiger partial charge is 0.378 e. The zero-order valence-corrected chi connectivity index (χ0v) is 17.8. The maximum absolute atomic E-state index is 14.7. The number of benzene rings is 3. The van der Waals surface area contributed by atoms with E-state index in [1.165, 1.54) is 6.07 Å². The van der Waals surface area contributed by atoms with Crippen LogP contribution in [-0.2, 0) is 4.74 Å². The third-order valence-corrected chi connectivity index (χ3v) is 5.40. The molecule has 0 spiro atoms. The Morgan fingerprint density at radius 1 is 0.939 bits per heavy atom. The van der Waals surface area contributed by atoms with Gasteiger partial charge >= 0.3 is 0 Å². The molecule has 2 heterocycles. The summed E-state index contributed by atoms with van der Waals surface area (Å²) in [7, 11) is 0. The van der Waals surface area contributed by atoms with Crippen molar-refractivity contribution in [1.29, 1.82) is 0 Å². The number of para-hydroxylation sites is 1. The number of carbonyl (C=O) groups is 1. The summed E-state index contributed by atoms with van der Waals surface area (Å²) in [4.78, 5) is 19.4. The van der Waals surface area contributed by atoms with Gasteiger partial charge in [0.2, 0.25) is 5.82 Å². The summed E-state index contributed by atoms with van der Waals surface area (Å²) in [5.74, 6) is -0.376. The van der Waals surface area contributed by atoms with Crippen molar-refractivity contribution >= 4 is 17.3 Å². The van der Waals surface area contributed by atoms with E-state index < -0.39 is 11.7 Å². The molecule has 0 aliphatic carbocycles. The van der Waals surface area contributed by atoms with E-state index in [0.29, 0.717) is 43.5 Å². The third kappa shape index (κ3) is 4.47. The minimum absolute atomic E-state index is 0.00429. The number of anilines is 2. The van der Waals surface area contributed by atoms with E-state index in [9.17, 15) is 9.18 Å². The molecule has 33 heavy (non-hydrogen) atoms. The smallest absolute Gasteiger partial charge is 0.295 e. The number of nitrogens with zero attached hydrogens (tertiary/aromatic N) is 4. The number of amides is 1. The standard InChI is InChI=1S/C25H22FN5O2/c26-21-17-19(11-12-22(21)30-13-15-33-16-14-30)27-25(32)23-28-24(18-7-3-1-4-8-18)31(29-23)20-9-5-2-6-10-20/h1-12,17H,13-16H2,(H,27,32). The fourth-order valence-corrected chi connectivity index (χ4v) is 3.76. The summed E-state index contributed by atoms with van der Waals surface area (Å²) in [5, 5.41) is 7.16. The number of aromatic nitrogens is 3. The molecule has 5 rings (SSSR count). The van der Waals surface area contributed by atoms with E-state index in [0.717, 1.165) is 11.3 Å². The number of nitrogens with one attached hydrogen (secondary N) is 1. The van der Waals surface area contributed by atoms with Crippen LogP contribution in [0.2, 0.25) is 0 Å². The summed E-state index contributed by atoms with van der Waals surface area (Å²) >= 11 is 0. The lowest BCUT2D eigenvalue weighted by atomic mass is 10.2. The summed E-state index contributed by atoms with van der Waals surface area (Å²) < 4.78 is 21.7. The monoisotopic (exact) mass is 443 g/mol. The molecule has 7 nitrogen and oxygen atoms in total. The average Bonchev–Trinajstić information content (AvgIpc) is 3.32. The van der Waals surface area contributed by atoms with Gasteiger partial charge in [-0.2, -0.15) is 0 Å². The van der Waals surface area contributed by atoms with Gasteiger partial charge in [0, 0.05) is 24.3 Å². The Balaban J connectivity index is 1.42. The summed E-state index contributed by atoms with van der Waals surface area (Å²) in [5.41, 5.74) is 2.44. The van der Waals surface area contributed by atoms with Crippen LogP contribution >= 0.6 is 0 Å². The maximum Gasteiger partial charge on any atom is 0.295 e. The molecule has 0 saturated carbocycles. The molecule has 1 saturated heterocycles. The molecule has 8 heteroatoms. The zero-order chi connectivity index (χ0) is 22.6. The second-order valence-electron chi connectivity index (χ2n) is 7.59. The topological polar surface area (TPSA) is 72.3 Å². The van der Waals surface area contributed by atoms with Crippen LogP contribution in [0, 0.1) is 5.82 Å². The van der Waals surface area contributed by atoms with Gasteiger partial charge in [-0.3, -0.25) is 4.79 Å². The van der Waals surface area contributed by atoms with Crippen molar-refractivity contribution in [1.82, 2.24) is 14.8 Å². The molecule has 0 bridgehead atoms. The highest BCUT2D eigenvalue weighted by molar-refractivity contribution is 6.02. The van der Waals surface area contributed by atoms with Gasteiger partial charge in [-0.25, -0.2) is 14.1 Å². The highest BCUT2D eigenvalue weighted by Crippen LogP contribution is 2.25. The van der Waals surface area contributed by atoms with Gasteiger partial charge in [0.1, 0.15) is 5.82 Å². The predicted molar refractivity (Wildman–Crippen MR) is 124 cm³/mol. The Bertz CT molecular complexity index is 1200. The minimum Gasteiger partial charge on any atom is -0.378 e. The predicted octanol–water partition coefficient (Wildman–Crippen LogP) is 4.16. The average molecular weight is 443 g/mol. The van der Waals surface area contributed by atoms with Crippen LogP contribution in [0.15, 0.2) is 78.9 Å². The number of halogens is 1. The van der Waals surface area contributed by atoms with Crippen molar-refractivity contribution in [3.63, 3.8) is 0 Å². The van der Waals surface area contributed by atoms with Crippen molar-refractivity contribution < 1.29 is 13.9 Å². The molecule has 1 fully saturated rings. The Morgan fingerprint density at radius 2 is 1.64 bits per heavy atom. The lowest BCUT2D eigenvalue weighted by Crippen LogP contribution is -2.36. The van der Waals surface area contributed by atoms with Crippen molar-refractivity contribution in [2.45, 2.75) is 0 Å². The molecule has 166 valence electrons. The van der Waals surface area contributed by atoms with E-state index in [1.54, 1.807) is 16.8 Å². The van der Waals surface area contributed by atoms with Crippen molar-refractivity contribution in [3.8, 4) is 17.1 Å². The maximum atomic E-state index is 14.7. The first-order valence-corrected chi connectivity index (χ1v) is 10.7. The Kier molecular flexibility index (Phi) is 5.82. The third-order valence-electron chi connectivity index (χ3n) is 5.40. The number of morpholine rings is 1. The molecule has 4 aromatic rings. The number of ether oxygens (including phenoxy) is 1. The van der Waals surface area contributed by atoms with Crippen LogP contribution < -0.4 is 10.2 Å². The van der Waals surface area contributed by atoms with Gasteiger partial charge in [-0.1, -0.05) is 48.5 Å². The van der Waals surface area contributed by atoms with Crippen LogP contribution in [0.1, 0.15) is 10.6 Å². The highest BCUT2D eigenvalue weighted by atomic mass is 19.1. The zero-order valence-electron chi connectivity index (χ0n) is 17.8. The minimum atomic E-state index is -0.514. The second-order valence-corrected chi connectivity index (χ2v) is 7.59. The van der Waals surface area contributed by atoms with Crippen LogP contribution in [-0.4, -0.2) is 47.0 Å². The van der Waals surface area contributed by atoms with Gasteiger partial charge in [0.25, 0.3) is 5.91 Å². The van der Waals surface area contributed by atoms with E-state index in [4.69, 9.17) is 4.74 Å². The van der Waals surface area contributed by atoms with E-state index >= 15 is 0 Å². The lowest BCUT2D eigenvalue weighted by Gasteiger charge is -2.29. The normalized spacial score (nSPS) is 13.7. The van der Waals surface area contributed by atoms with Crippen molar-refractivity contribution in [2.24, 2.45) is 0 Å². The van der Waals surface area contributed by atoms with Crippen LogP contribution in [0.3, 0.4) is 0 Å². The summed E-state index contributed by atoms with van der Waals surface area (Å²) in [6.07, 6.45) is 0. The van der Waals surface area contributed by atoms with Crippen LogP contribution in [0.5, 0.6) is 0 Å². The Hall–Kier alpha value is -4.04. The molecule has 1 aliphatic rings. The van der Waals surface area contributed by atoms with Crippen LogP contribution in [0.25, 0.3) is 17.1 Å². The molecule has 0 radical (unpaired) electrons. The first kappa shape index (κ1) is 20.8. The quantitative estimate of drug-likeness (QED) is 0.502. The van der Waals surface area contributed by atoms with Gasteiger partial charge in [0.15, 0.2) is 5.82 Å². The van der Waals surface area contributed by atoms with E-state index in [1.807, 2.05) is 65.6 Å². The Morgan fingerprint density at radius 3 is 2.33 bits per heavy atom. The van der Waals surface area contributed by atoms with Gasteiger partial charge in [0.05, 0.1) is 24.6 Å². The second kappa shape index (κ2) is 9.22. The van der Waals surface area contributed by atoms with Gasteiger partial charge < -0.3 is 15.0 Å². The van der Waals surface area contributed by atoms with E-state index in [2.05, 4.69) is 15.4 Å².